The van der Waals surface area contributed by atoms with Crippen molar-refractivity contribution in [3.05, 3.63) is 18.0 Å². The van der Waals surface area contributed by atoms with E-state index >= 15 is 0 Å². The zero-order valence-corrected chi connectivity index (χ0v) is 12.7. The lowest BCUT2D eigenvalue weighted by molar-refractivity contribution is -0.126. The van der Waals surface area contributed by atoms with E-state index in [1.165, 1.54) is 7.11 Å². The molecular formula is C14H23N5O2. The third-order valence-electron chi connectivity index (χ3n) is 3.42. The van der Waals surface area contributed by atoms with Crippen LogP contribution in [-0.4, -0.2) is 52.6 Å². The summed E-state index contributed by atoms with van der Waals surface area (Å²) in [5, 5.41) is 2.95. The van der Waals surface area contributed by atoms with Crippen LogP contribution in [0.4, 0.5) is 0 Å². The minimum Gasteiger partial charge on any atom is -0.467 e. The summed E-state index contributed by atoms with van der Waals surface area (Å²) in [6, 6.07) is 0.294. The molecule has 0 saturated carbocycles. The lowest BCUT2D eigenvalue weighted by atomic mass is 10.1. The van der Waals surface area contributed by atoms with Crippen LogP contribution in [0.1, 0.15) is 25.8 Å². The topological polar surface area (TPSA) is 93.4 Å². The number of aromatic nitrogens is 2. The molecule has 1 fully saturated rings. The fourth-order valence-electron chi connectivity index (χ4n) is 2.53. The molecule has 2 heterocycles. The summed E-state index contributed by atoms with van der Waals surface area (Å²) >= 11 is 0. The monoisotopic (exact) mass is 293 g/mol. The van der Waals surface area contributed by atoms with Crippen LogP contribution >= 0.6 is 0 Å². The molecule has 0 spiro atoms. The summed E-state index contributed by atoms with van der Waals surface area (Å²) in [7, 11) is 1.53. The Morgan fingerprint density at radius 2 is 2.19 bits per heavy atom. The van der Waals surface area contributed by atoms with Gasteiger partial charge in [-0.25, -0.2) is 9.97 Å². The zero-order valence-electron chi connectivity index (χ0n) is 12.7. The van der Waals surface area contributed by atoms with Crippen LogP contribution in [0, 0.1) is 0 Å². The van der Waals surface area contributed by atoms with Crippen LogP contribution < -0.4 is 15.8 Å². The summed E-state index contributed by atoms with van der Waals surface area (Å²) in [6.45, 7) is 5.21. The highest BCUT2D eigenvalue weighted by Gasteiger charge is 2.35. The fourth-order valence-corrected chi connectivity index (χ4v) is 2.53. The standard InChI is InChI=1S/C14H23N5O2/c1-9(2)18-13(20)12-4-11(15)8-19(12)7-10-5-16-14(21-3)17-6-10/h5-6,9,11-12H,4,7-8,15H2,1-3H3,(H,18,20)/t11-,12+/m1/s1. The van der Waals surface area contributed by atoms with E-state index in [-0.39, 0.29) is 24.0 Å². The summed E-state index contributed by atoms with van der Waals surface area (Å²) in [5.41, 5.74) is 6.95. The van der Waals surface area contributed by atoms with Gasteiger partial charge in [-0.15, -0.1) is 0 Å². The van der Waals surface area contributed by atoms with Crippen LogP contribution in [0.15, 0.2) is 12.4 Å². The Labute approximate surface area is 124 Å². The van der Waals surface area contributed by atoms with Crippen molar-refractivity contribution < 1.29 is 9.53 Å². The quantitative estimate of drug-likeness (QED) is 0.788. The van der Waals surface area contributed by atoms with Crippen molar-refractivity contribution in [3.8, 4) is 6.01 Å². The molecule has 1 aromatic rings. The first-order valence-electron chi connectivity index (χ1n) is 7.14. The van der Waals surface area contributed by atoms with Crippen molar-refractivity contribution in [2.75, 3.05) is 13.7 Å². The zero-order chi connectivity index (χ0) is 15.4. The van der Waals surface area contributed by atoms with Gasteiger partial charge < -0.3 is 15.8 Å². The van der Waals surface area contributed by atoms with Crippen molar-refractivity contribution in [2.45, 2.75) is 44.9 Å². The number of nitrogens with one attached hydrogen (secondary N) is 1. The van der Waals surface area contributed by atoms with Crippen molar-refractivity contribution in [3.63, 3.8) is 0 Å². The average Bonchev–Trinajstić information content (AvgIpc) is 2.80. The second kappa shape index (κ2) is 6.82. The second-order valence-electron chi connectivity index (χ2n) is 5.68. The number of rotatable bonds is 5. The maximum atomic E-state index is 12.2. The van der Waals surface area contributed by atoms with Gasteiger partial charge in [-0.1, -0.05) is 0 Å². The highest BCUT2D eigenvalue weighted by atomic mass is 16.5. The number of hydrogen-bond acceptors (Lipinski definition) is 6. The first-order valence-corrected chi connectivity index (χ1v) is 7.14. The largest absolute Gasteiger partial charge is 0.467 e. The first-order chi connectivity index (χ1) is 9.99. The lowest BCUT2D eigenvalue weighted by Gasteiger charge is -2.24. The first kappa shape index (κ1) is 15.7. The van der Waals surface area contributed by atoms with Crippen LogP contribution in [0.2, 0.25) is 0 Å². The van der Waals surface area contributed by atoms with E-state index in [2.05, 4.69) is 20.2 Å². The maximum Gasteiger partial charge on any atom is 0.316 e. The molecule has 2 rings (SSSR count). The smallest absolute Gasteiger partial charge is 0.316 e. The number of nitrogens with zero attached hydrogens (tertiary/aromatic N) is 3. The number of hydrogen-bond donors (Lipinski definition) is 2. The lowest BCUT2D eigenvalue weighted by Crippen LogP contribution is -2.45. The SMILES string of the molecule is COc1ncc(CN2C[C@H](N)C[C@H]2C(=O)NC(C)C)cn1. The van der Waals surface area contributed by atoms with Crippen molar-refractivity contribution >= 4 is 5.91 Å². The predicted octanol–water partition coefficient (Wildman–Crippen LogP) is -0.0886. The molecule has 1 saturated heterocycles. The van der Waals surface area contributed by atoms with Gasteiger partial charge in [0.25, 0.3) is 0 Å². The summed E-state index contributed by atoms with van der Waals surface area (Å²) in [5.74, 6) is 0.0346. The number of ether oxygens (including phenoxy) is 1. The van der Waals surface area contributed by atoms with Crippen LogP contribution in [0.5, 0.6) is 6.01 Å². The van der Waals surface area contributed by atoms with Crippen LogP contribution in [0.25, 0.3) is 0 Å². The molecule has 116 valence electrons. The Morgan fingerprint density at radius 1 is 1.52 bits per heavy atom. The van der Waals surface area contributed by atoms with E-state index in [4.69, 9.17) is 10.5 Å². The van der Waals surface area contributed by atoms with Gasteiger partial charge >= 0.3 is 6.01 Å². The van der Waals surface area contributed by atoms with Gasteiger partial charge in [-0.2, -0.15) is 0 Å². The van der Waals surface area contributed by atoms with E-state index in [1.54, 1.807) is 12.4 Å². The Hall–Kier alpha value is -1.73. The Bertz CT molecular complexity index is 477. The molecule has 7 heteroatoms. The molecule has 2 atom stereocenters. The van der Waals surface area contributed by atoms with Crippen LogP contribution in [0.3, 0.4) is 0 Å². The third kappa shape index (κ3) is 4.12. The van der Waals surface area contributed by atoms with Crippen LogP contribution in [-0.2, 0) is 11.3 Å². The van der Waals surface area contributed by atoms with E-state index < -0.39 is 0 Å². The molecule has 0 radical (unpaired) electrons. The minimum absolute atomic E-state index is 0.0204. The van der Waals surface area contributed by atoms with Gasteiger partial charge in [0.15, 0.2) is 0 Å². The molecule has 0 unspecified atom stereocenters. The van der Waals surface area contributed by atoms with Gasteiger partial charge in [0, 0.05) is 43.1 Å². The van der Waals surface area contributed by atoms with Gasteiger partial charge in [-0.05, 0) is 20.3 Å². The molecule has 1 amide bonds. The summed E-state index contributed by atoms with van der Waals surface area (Å²) in [6.07, 6.45) is 4.11. The molecule has 0 aromatic carbocycles. The van der Waals surface area contributed by atoms with E-state index in [0.717, 1.165) is 5.56 Å². The number of carbonyl (C=O) groups is 1. The van der Waals surface area contributed by atoms with E-state index in [0.29, 0.717) is 25.5 Å². The number of carbonyl (C=O) groups excluding carboxylic acids is 1. The molecular weight excluding hydrogens is 270 g/mol. The average molecular weight is 293 g/mol. The highest BCUT2D eigenvalue weighted by molar-refractivity contribution is 5.82. The highest BCUT2D eigenvalue weighted by Crippen LogP contribution is 2.19. The van der Waals surface area contributed by atoms with Gasteiger partial charge in [-0.3, -0.25) is 9.69 Å². The molecule has 0 aliphatic carbocycles. The minimum atomic E-state index is -0.190. The molecule has 21 heavy (non-hydrogen) atoms. The normalized spacial score (nSPS) is 22.5. The fraction of sp³-hybridized carbons (Fsp3) is 0.643. The second-order valence-corrected chi connectivity index (χ2v) is 5.68. The summed E-state index contributed by atoms with van der Waals surface area (Å²) in [4.78, 5) is 22.5. The van der Waals surface area contributed by atoms with Gasteiger partial charge in [0.05, 0.1) is 13.2 Å². The Balaban J connectivity index is 2.03. The number of amides is 1. The van der Waals surface area contributed by atoms with E-state index in [1.807, 2.05) is 13.8 Å². The molecule has 0 bridgehead atoms. The number of methoxy groups -OCH3 is 1. The predicted molar refractivity (Wildman–Crippen MR) is 78.7 cm³/mol. The summed E-state index contributed by atoms with van der Waals surface area (Å²) < 4.78 is 4.94. The molecule has 1 aromatic heterocycles. The van der Waals surface area contributed by atoms with Crippen molar-refractivity contribution in [2.24, 2.45) is 5.73 Å². The van der Waals surface area contributed by atoms with Crippen molar-refractivity contribution in [1.29, 1.82) is 0 Å². The van der Waals surface area contributed by atoms with Gasteiger partial charge in [0.2, 0.25) is 5.91 Å². The molecule has 1 aliphatic rings. The van der Waals surface area contributed by atoms with Gasteiger partial charge in [0.1, 0.15) is 0 Å². The van der Waals surface area contributed by atoms with Crippen molar-refractivity contribution in [1.82, 2.24) is 20.2 Å². The Morgan fingerprint density at radius 3 is 2.76 bits per heavy atom. The maximum absolute atomic E-state index is 12.2. The number of likely N-dealkylation sites (tertiary alicyclic amines) is 1. The molecule has 1 aliphatic heterocycles. The number of nitrogens with two attached hydrogens (primary N) is 1. The van der Waals surface area contributed by atoms with E-state index in [9.17, 15) is 4.79 Å². The Kier molecular flexibility index (Phi) is 5.08. The third-order valence-corrected chi connectivity index (χ3v) is 3.42. The molecule has 3 N–H and O–H groups in total. The molecule has 7 nitrogen and oxygen atoms in total.